The van der Waals surface area contributed by atoms with Crippen LogP contribution in [0.25, 0.3) is 0 Å². The molecule has 0 aromatic heterocycles. The maximum atomic E-state index is 13.1. The first-order valence-electron chi connectivity index (χ1n) is 3.85. The first-order valence-corrected chi connectivity index (χ1v) is 3.85. The highest BCUT2D eigenvalue weighted by atomic mass is 19.2. The average molecular weight is 186 g/mol. The third-order valence-corrected chi connectivity index (χ3v) is 1.81. The van der Waals surface area contributed by atoms with Crippen molar-refractivity contribution in [2.24, 2.45) is 0 Å². The summed E-state index contributed by atoms with van der Waals surface area (Å²) in [6, 6.07) is 0.355. The van der Waals surface area contributed by atoms with E-state index in [-0.39, 0.29) is 11.5 Å². The Hall–Kier alpha value is -1.32. The molecule has 0 radical (unpaired) electrons. The Morgan fingerprint density at radius 1 is 1.23 bits per heavy atom. The van der Waals surface area contributed by atoms with Gasteiger partial charge in [-0.25, -0.2) is 4.39 Å². The molecule has 2 rings (SSSR count). The summed E-state index contributed by atoms with van der Waals surface area (Å²) in [5, 5.41) is 0. The lowest BCUT2D eigenvalue weighted by Crippen LogP contribution is -2.27. The summed E-state index contributed by atoms with van der Waals surface area (Å²) in [7, 11) is 0. The molecule has 13 heavy (non-hydrogen) atoms. The molecule has 1 heterocycles. The highest BCUT2D eigenvalue weighted by Crippen LogP contribution is 2.41. The van der Waals surface area contributed by atoms with Gasteiger partial charge >= 0.3 is 6.04 Å². The van der Waals surface area contributed by atoms with Crippen molar-refractivity contribution >= 4 is 0 Å². The molecule has 1 atom stereocenters. The van der Waals surface area contributed by atoms with Gasteiger partial charge in [0.15, 0.2) is 11.5 Å². The zero-order valence-electron chi connectivity index (χ0n) is 7.23. The van der Waals surface area contributed by atoms with Crippen molar-refractivity contribution in [1.82, 2.24) is 0 Å². The summed E-state index contributed by atoms with van der Waals surface area (Å²) < 4.78 is 35.5. The van der Waals surface area contributed by atoms with Crippen LogP contribution in [0, 0.1) is 12.7 Å². The zero-order valence-corrected chi connectivity index (χ0v) is 7.23. The molecule has 70 valence electrons. The predicted molar refractivity (Wildman–Crippen MR) is 41.9 cm³/mol. The number of ether oxygens (including phenoxy) is 2. The van der Waals surface area contributed by atoms with Gasteiger partial charge in [-0.05, 0) is 18.6 Å². The fourth-order valence-electron chi connectivity index (χ4n) is 1.21. The third kappa shape index (κ3) is 1.32. The quantitative estimate of drug-likeness (QED) is 0.619. The Bertz CT molecular complexity index is 328. The molecule has 0 bridgehead atoms. The second-order valence-electron chi connectivity index (χ2n) is 3.09. The summed E-state index contributed by atoms with van der Waals surface area (Å²) in [6.07, 6.45) is 0. The Morgan fingerprint density at radius 2 is 1.77 bits per heavy atom. The van der Waals surface area contributed by atoms with Crippen LogP contribution in [0.4, 0.5) is 8.78 Å². The van der Waals surface area contributed by atoms with Gasteiger partial charge in [0.2, 0.25) is 0 Å². The van der Waals surface area contributed by atoms with Crippen LogP contribution in [-0.4, -0.2) is 6.04 Å². The van der Waals surface area contributed by atoms with E-state index in [0.717, 1.165) is 13.0 Å². The molecule has 4 heteroatoms. The van der Waals surface area contributed by atoms with Crippen LogP contribution in [0.2, 0.25) is 0 Å². The van der Waals surface area contributed by atoms with Gasteiger partial charge in [0.1, 0.15) is 5.82 Å². The average Bonchev–Trinajstić information content (AvgIpc) is 2.24. The maximum absolute atomic E-state index is 13.1. The summed E-state index contributed by atoms with van der Waals surface area (Å²) >= 11 is 0. The van der Waals surface area contributed by atoms with Crippen LogP contribution in [0.3, 0.4) is 0 Å². The van der Waals surface area contributed by atoms with E-state index in [1.165, 1.54) is 6.07 Å². The highest BCUT2D eigenvalue weighted by molar-refractivity contribution is 5.45. The van der Waals surface area contributed by atoms with Gasteiger partial charge in [0, 0.05) is 13.0 Å². The van der Waals surface area contributed by atoms with Gasteiger partial charge in [-0.2, -0.15) is 4.39 Å². The molecule has 0 N–H and O–H groups in total. The molecule has 0 aliphatic carbocycles. The number of hydrogen-bond donors (Lipinski definition) is 0. The lowest BCUT2D eigenvalue weighted by atomic mass is 10.2. The van der Waals surface area contributed by atoms with Crippen LogP contribution in [-0.2, 0) is 0 Å². The zero-order chi connectivity index (χ0) is 9.64. The Labute approximate surface area is 74.1 Å². The van der Waals surface area contributed by atoms with Crippen molar-refractivity contribution in [2.45, 2.75) is 19.9 Å². The predicted octanol–water partition coefficient (Wildman–Crippen LogP) is 2.55. The van der Waals surface area contributed by atoms with Gasteiger partial charge in [0.05, 0.1) is 0 Å². The van der Waals surface area contributed by atoms with E-state index in [1.54, 1.807) is 6.92 Å². The van der Waals surface area contributed by atoms with E-state index < -0.39 is 11.9 Å². The van der Waals surface area contributed by atoms with Crippen LogP contribution < -0.4 is 9.47 Å². The largest absolute Gasteiger partial charge is 0.423 e. The van der Waals surface area contributed by atoms with Gasteiger partial charge in [-0.3, -0.25) is 0 Å². The minimum Gasteiger partial charge on any atom is -0.423 e. The highest BCUT2D eigenvalue weighted by Gasteiger charge is 2.37. The summed E-state index contributed by atoms with van der Waals surface area (Å²) in [6.45, 7) is 2.70. The summed E-state index contributed by atoms with van der Waals surface area (Å²) in [5.41, 5.74) is 0.403. The van der Waals surface area contributed by atoms with Gasteiger partial charge in [-0.1, -0.05) is 0 Å². The lowest BCUT2D eigenvalue weighted by Gasteiger charge is -2.10. The number of hydrogen-bond acceptors (Lipinski definition) is 2. The first kappa shape index (κ1) is 8.29. The number of alkyl halides is 1. The van der Waals surface area contributed by atoms with Gasteiger partial charge in [-0.15, -0.1) is 0 Å². The standard InChI is InChI=1S/C9H8F2O2/c1-5-3-7-8(4-6(5)10)13-9(2,11)12-7/h3-4H,1-2H3. The molecule has 0 saturated heterocycles. The Balaban J connectivity index is 2.48. The molecule has 1 aromatic carbocycles. The van der Waals surface area contributed by atoms with E-state index in [9.17, 15) is 8.78 Å². The van der Waals surface area contributed by atoms with Crippen molar-refractivity contribution in [3.8, 4) is 11.5 Å². The van der Waals surface area contributed by atoms with Crippen molar-refractivity contribution in [3.05, 3.63) is 23.5 Å². The molecule has 0 saturated carbocycles. The van der Waals surface area contributed by atoms with Crippen LogP contribution in [0.15, 0.2) is 12.1 Å². The molecule has 1 aliphatic heterocycles. The molecule has 1 unspecified atom stereocenters. The molecular weight excluding hydrogens is 178 g/mol. The van der Waals surface area contributed by atoms with Crippen LogP contribution >= 0.6 is 0 Å². The third-order valence-electron chi connectivity index (χ3n) is 1.81. The van der Waals surface area contributed by atoms with Crippen LogP contribution in [0.5, 0.6) is 11.5 Å². The SMILES string of the molecule is Cc1cc2c(cc1F)OC(C)(F)O2. The minimum absolute atomic E-state index is 0.105. The topological polar surface area (TPSA) is 18.5 Å². The fraction of sp³-hybridized carbons (Fsp3) is 0.333. The number of rotatable bonds is 0. The van der Waals surface area contributed by atoms with E-state index in [2.05, 4.69) is 0 Å². The Morgan fingerprint density at radius 3 is 2.38 bits per heavy atom. The van der Waals surface area contributed by atoms with Crippen molar-refractivity contribution in [1.29, 1.82) is 0 Å². The Kier molecular flexibility index (Phi) is 1.49. The molecule has 0 amide bonds. The molecule has 0 fully saturated rings. The summed E-state index contributed by atoms with van der Waals surface area (Å²) in [5.74, 6) is -0.0861. The number of fused-ring (bicyclic) bond motifs is 1. The van der Waals surface area contributed by atoms with E-state index >= 15 is 0 Å². The van der Waals surface area contributed by atoms with Gasteiger partial charge < -0.3 is 9.47 Å². The van der Waals surface area contributed by atoms with Gasteiger partial charge in [0.25, 0.3) is 0 Å². The van der Waals surface area contributed by atoms with E-state index in [4.69, 9.17) is 9.47 Å². The van der Waals surface area contributed by atoms with Crippen molar-refractivity contribution < 1.29 is 18.3 Å². The smallest absolute Gasteiger partial charge is 0.404 e. The van der Waals surface area contributed by atoms with Crippen molar-refractivity contribution in [3.63, 3.8) is 0 Å². The lowest BCUT2D eigenvalue weighted by molar-refractivity contribution is -0.173. The first-order chi connectivity index (χ1) is 5.98. The maximum Gasteiger partial charge on any atom is 0.404 e. The fourth-order valence-corrected chi connectivity index (χ4v) is 1.21. The second-order valence-corrected chi connectivity index (χ2v) is 3.09. The number of benzene rings is 1. The number of halogens is 2. The molecular formula is C9H8F2O2. The molecule has 1 aliphatic rings. The van der Waals surface area contributed by atoms with E-state index in [1.807, 2.05) is 0 Å². The second kappa shape index (κ2) is 2.34. The number of aryl methyl sites for hydroxylation is 1. The monoisotopic (exact) mass is 186 g/mol. The summed E-state index contributed by atoms with van der Waals surface area (Å²) in [4.78, 5) is 0. The van der Waals surface area contributed by atoms with Crippen molar-refractivity contribution in [2.75, 3.05) is 0 Å². The molecule has 0 spiro atoms. The molecule has 2 nitrogen and oxygen atoms in total. The molecule has 1 aromatic rings. The minimum atomic E-state index is -2.18. The van der Waals surface area contributed by atoms with E-state index in [0.29, 0.717) is 5.56 Å². The van der Waals surface area contributed by atoms with Crippen LogP contribution in [0.1, 0.15) is 12.5 Å². The normalized spacial score (nSPS) is 24.9.